The molecule has 2 aromatic rings. The number of rotatable bonds is 4. The minimum absolute atomic E-state index is 0.0533. The van der Waals surface area contributed by atoms with Crippen molar-refractivity contribution in [1.29, 1.82) is 0 Å². The van der Waals surface area contributed by atoms with Gasteiger partial charge in [-0.15, -0.1) is 11.3 Å². The van der Waals surface area contributed by atoms with Gasteiger partial charge in [0.05, 0.1) is 12.8 Å². The molecule has 3 rings (SSSR count). The quantitative estimate of drug-likeness (QED) is 0.664. The van der Waals surface area contributed by atoms with Crippen LogP contribution >= 0.6 is 11.3 Å². The average Bonchev–Trinajstić information content (AvgIpc) is 3.34. The number of furan rings is 1. The van der Waals surface area contributed by atoms with E-state index in [0.29, 0.717) is 25.4 Å². The molecule has 1 amide bonds. The smallest absolute Gasteiger partial charge is 0.289 e. The van der Waals surface area contributed by atoms with Gasteiger partial charge in [0.2, 0.25) is 0 Å². The first-order valence-corrected chi connectivity index (χ1v) is 9.25. The fourth-order valence-corrected chi connectivity index (χ4v) is 3.56. The Bertz CT molecular complexity index is 717. The van der Waals surface area contributed by atoms with E-state index < -0.39 is 0 Å². The number of piperazine rings is 1. The van der Waals surface area contributed by atoms with E-state index >= 15 is 0 Å². The third-order valence-electron chi connectivity index (χ3n) is 4.16. The minimum atomic E-state index is -0.0533. The lowest BCUT2D eigenvalue weighted by Crippen LogP contribution is -2.53. The van der Waals surface area contributed by atoms with Gasteiger partial charge >= 0.3 is 0 Å². The van der Waals surface area contributed by atoms with Crippen LogP contribution in [-0.4, -0.2) is 59.9 Å². The Kier molecular flexibility index (Phi) is 5.70. The third-order valence-corrected chi connectivity index (χ3v) is 5.30. The molecule has 0 spiro atoms. The van der Waals surface area contributed by atoms with Gasteiger partial charge in [0.1, 0.15) is 5.01 Å². The summed E-state index contributed by atoms with van der Waals surface area (Å²) in [5.41, 5.74) is 0. The van der Waals surface area contributed by atoms with E-state index in [9.17, 15) is 4.79 Å². The normalized spacial score (nSPS) is 15.5. The van der Waals surface area contributed by atoms with Crippen LogP contribution in [0.15, 0.2) is 34.0 Å². The predicted molar refractivity (Wildman–Crippen MR) is 97.9 cm³/mol. The number of carbonyl (C=O) groups excluding carboxylic acids is 1. The molecule has 0 aliphatic carbocycles. The lowest BCUT2D eigenvalue weighted by Gasteiger charge is -2.36. The number of nitrogens with zero attached hydrogens (tertiary/aromatic N) is 4. The van der Waals surface area contributed by atoms with E-state index in [-0.39, 0.29) is 5.91 Å². The Morgan fingerprint density at radius 3 is 2.72 bits per heavy atom. The lowest BCUT2D eigenvalue weighted by atomic mass is 10.3. The van der Waals surface area contributed by atoms with Gasteiger partial charge in [-0.2, -0.15) is 0 Å². The highest BCUT2D eigenvalue weighted by Crippen LogP contribution is 2.13. The number of guanidine groups is 1. The SMILES string of the molecule is CCc1cnc(CNC(=NC)N2CCN(C(=O)c3ccco3)CC2)s1. The summed E-state index contributed by atoms with van der Waals surface area (Å²) in [6.45, 7) is 5.58. The minimum Gasteiger partial charge on any atom is -0.459 e. The van der Waals surface area contributed by atoms with Crippen LogP contribution in [0, 0.1) is 0 Å². The molecule has 3 heterocycles. The molecule has 1 saturated heterocycles. The molecule has 1 aliphatic rings. The molecule has 0 bridgehead atoms. The summed E-state index contributed by atoms with van der Waals surface area (Å²) < 4.78 is 5.20. The summed E-state index contributed by atoms with van der Waals surface area (Å²) in [6, 6.07) is 3.44. The number of nitrogens with one attached hydrogen (secondary N) is 1. The molecular weight excluding hydrogens is 338 g/mol. The van der Waals surface area contributed by atoms with Crippen LogP contribution in [0.25, 0.3) is 0 Å². The molecule has 7 nitrogen and oxygen atoms in total. The molecule has 25 heavy (non-hydrogen) atoms. The van der Waals surface area contributed by atoms with Gasteiger partial charge in [0.15, 0.2) is 11.7 Å². The largest absolute Gasteiger partial charge is 0.459 e. The van der Waals surface area contributed by atoms with Gasteiger partial charge in [-0.3, -0.25) is 9.79 Å². The second kappa shape index (κ2) is 8.15. The number of hydrogen-bond donors (Lipinski definition) is 1. The Morgan fingerprint density at radius 1 is 1.36 bits per heavy atom. The van der Waals surface area contributed by atoms with Crippen molar-refractivity contribution in [3.05, 3.63) is 40.2 Å². The number of thiazole rings is 1. The van der Waals surface area contributed by atoms with E-state index in [4.69, 9.17) is 4.42 Å². The topological polar surface area (TPSA) is 74.0 Å². The number of aromatic nitrogens is 1. The van der Waals surface area contributed by atoms with Crippen molar-refractivity contribution in [2.75, 3.05) is 33.2 Å². The Labute approximate surface area is 151 Å². The maximum absolute atomic E-state index is 12.3. The third kappa shape index (κ3) is 4.19. The van der Waals surface area contributed by atoms with Gasteiger partial charge in [0, 0.05) is 44.3 Å². The summed E-state index contributed by atoms with van der Waals surface area (Å²) in [6.07, 6.45) is 4.47. The second-order valence-electron chi connectivity index (χ2n) is 5.73. The second-order valence-corrected chi connectivity index (χ2v) is 6.93. The van der Waals surface area contributed by atoms with E-state index in [1.165, 1.54) is 11.1 Å². The van der Waals surface area contributed by atoms with Crippen LogP contribution in [0.2, 0.25) is 0 Å². The van der Waals surface area contributed by atoms with Crippen LogP contribution in [-0.2, 0) is 13.0 Å². The summed E-state index contributed by atoms with van der Waals surface area (Å²) in [5, 5.41) is 4.43. The number of amides is 1. The van der Waals surface area contributed by atoms with Crippen LogP contribution < -0.4 is 5.32 Å². The molecule has 0 atom stereocenters. The number of carbonyl (C=O) groups is 1. The molecule has 0 saturated carbocycles. The number of aryl methyl sites for hydroxylation is 1. The number of aliphatic imine (C=N–C) groups is 1. The van der Waals surface area contributed by atoms with E-state index in [1.807, 2.05) is 11.1 Å². The van der Waals surface area contributed by atoms with Gasteiger partial charge in [-0.05, 0) is 18.6 Å². The molecule has 1 fully saturated rings. The van der Waals surface area contributed by atoms with Gasteiger partial charge < -0.3 is 19.5 Å². The maximum atomic E-state index is 12.3. The Morgan fingerprint density at radius 2 is 2.12 bits per heavy atom. The van der Waals surface area contributed by atoms with Crippen LogP contribution in [0.1, 0.15) is 27.4 Å². The molecule has 1 N–H and O–H groups in total. The lowest BCUT2D eigenvalue weighted by molar-refractivity contribution is 0.0657. The zero-order valence-corrected chi connectivity index (χ0v) is 15.4. The van der Waals surface area contributed by atoms with Crippen molar-refractivity contribution in [3.8, 4) is 0 Å². The first-order chi connectivity index (χ1) is 12.2. The van der Waals surface area contributed by atoms with Crippen molar-refractivity contribution in [2.24, 2.45) is 4.99 Å². The molecule has 0 unspecified atom stereocenters. The van der Waals surface area contributed by atoms with Crippen molar-refractivity contribution >= 4 is 23.2 Å². The molecule has 0 radical (unpaired) electrons. The molecule has 0 aromatic carbocycles. The predicted octanol–water partition coefficient (Wildman–Crippen LogP) is 1.83. The molecule has 134 valence electrons. The van der Waals surface area contributed by atoms with E-state index in [2.05, 4.69) is 27.1 Å². The average molecular weight is 361 g/mol. The molecule has 2 aromatic heterocycles. The van der Waals surface area contributed by atoms with Crippen molar-refractivity contribution in [2.45, 2.75) is 19.9 Å². The Hall–Kier alpha value is -2.35. The van der Waals surface area contributed by atoms with Crippen molar-refractivity contribution in [1.82, 2.24) is 20.1 Å². The van der Waals surface area contributed by atoms with Gasteiger partial charge in [-0.25, -0.2) is 4.98 Å². The van der Waals surface area contributed by atoms with Gasteiger partial charge in [-0.1, -0.05) is 6.92 Å². The first-order valence-electron chi connectivity index (χ1n) is 8.43. The summed E-state index contributed by atoms with van der Waals surface area (Å²) in [5.74, 6) is 1.19. The molecular formula is C17H23N5O2S. The Balaban J connectivity index is 1.51. The van der Waals surface area contributed by atoms with Crippen LogP contribution in [0.4, 0.5) is 0 Å². The molecule has 1 aliphatic heterocycles. The van der Waals surface area contributed by atoms with Gasteiger partial charge in [0.25, 0.3) is 5.91 Å². The standard InChI is InChI=1S/C17H23N5O2S/c1-3-13-11-19-15(25-13)12-20-17(18-2)22-8-6-21(7-9-22)16(23)14-5-4-10-24-14/h4-5,10-11H,3,6-9,12H2,1-2H3,(H,18,20). The maximum Gasteiger partial charge on any atom is 0.289 e. The summed E-state index contributed by atoms with van der Waals surface area (Å²) in [7, 11) is 1.78. The fraction of sp³-hybridized carbons (Fsp3) is 0.471. The fourth-order valence-electron chi connectivity index (χ4n) is 2.76. The van der Waals surface area contributed by atoms with Crippen LogP contribution in [0.5, 0.6) is 0 Å². The highest BCUT2D eigenvalue weighted by Gasteiger charge is 2.25. The summed E-state index contributed by atoms with van der Waals surface area (Å²) in [4.78, 5) is 26.4. The van der Waals surface area contributed by atoms with Crippen molar-refractivity contribution < 1.29 is 9.21 Å². The highest BCUT2D eigenvalue weighted by molar-refractivity contribution is 7.11. The van der Waals surface area contributed by atoms with Crippen LogP contribution in [0.3, 0.4) is 0 Å². The summed E-state index contributed by atoms with van der Waals surface area (Å²) >= 11 is 1.72. The van der Waals surface area contributed by atoms with E-state index in [0.717, 1.165) is 30.5 Å². The van der Waals surface area contributed by atoms with E-state index in [1.54, 1.807) is 30.5 Å². The highest BCUT2D eigenvalue weighted by atomic mass is 32.1. The molecule has 8 heteroatoms. The van der Waals surface area contributed by atoms with Crippen molar-refractivity contribution in [3.63, 3.8) is 0 Å². The number of hydrogen-bond acceptors (Lipinski definition) is 5. The zero-order chi connectivity index (χ0) is 17.6. The first kappa shape index (κ1) is 17.5. The zero-order valence-electron chi connectivity index (χ0n) is 14.6. The monoisotopic (exact) mass is 361 g/mol.